The van der Waals surface area contributed by atoms with Crippen molar-refractivity contribution in [1.82, 2.24) is 15.1 Å². The van der Waals surface area contributed by atoms with E-state index in [1.165, 1.54) is 4.90 Å². The van der Waals surface area contributed by atoms with Gasteiger partial charge in [-0.2, -0.15) is 0 Å². The van der Waals surface area contributed by atoms with Crippen LogP contribution in [0.4, 0.5) is 0 Å². The molecule has 2 saturated heterocycles. The monoisotopic (exact) mass is 365 g/mol. The number of nitrogens with one attached hydrogen (secondary N) is 1. The van der Waals surface area contributed by atoms with Gasteiger partial charge in [0.2, 0.25) is 23.6 Å². The lowest BCUT2D eigenvalue weighted by atomic mass is 10.1. The van der Waals surface area contributed by atoms with Gasteiger partial charge in [0.1, 0.15) is 0 Å². The first-order valence-corrected chi connectivity index (χ1v) is 9.95. The lowest BCUT2D eigenvalue weighted by molar-refractivity contribution is -0.138. The average Bonchev–Trinajstić information content (AvgIpc) is 2.87. The predicted octanol–water partition coefficient (Wildman–Crippen LogP) is 1.60. The molecule has 0 aromatic heterocycles. The van der Waals surface area contributed by atoms with Crippen molar-refractivity contribution < 1.29 is 19.2 Å². The number of rotatable bonds is 12. The summed E-state index contributed by atoms with van der Waals surface area (Å²) in [5.74, 6) is 0.172. The van der Waals surface area contributed by atoms with Crippen LogP contribution in [0, 0.1) is 0 Å². The van der Waals surface area contributed by atoms with E-state index in [4.69, 9.17) is 0 Å². The zero-order valence-electron chi connectivity index (χ0n) is 15.6. The number of carbonyl (C=O) groups excluding carboxylic acids is 4. The molecule has 0 spiro atoms. The minimum absolute atomic E-state index is 0.0509. The fourth-order valence-electron chi connectivity index (χ4n) is 3.22. The molecule has 2 aliphatic heterocycles. The van der Waals surface area contributed by atoms with Gasteiger partial charge >= 0.3 is 0 Å². The van der Waals surface area contributed by atoms with Crippen molar-refractivity contribution in [1.29, 1.82) is 0 Å². The molecule has 0 saturated carbocycles. The molecule has 0 aromatic rings. The van der Waals surface area contributed by atoms with E-state index in [0.717, 1.165) is 58.0 Å². The van der Waals surface area contributed by atoms with Crippen LogP contribution in [0.1, 0.15) is 70.6 Å². The molecule has 0 bridgehead atoms. The number of likely N-dealkylation sites (tertiary alicyclic amines) is 2. The molecule has 4 amide bonds. The molecule has 0 aromatic carbocycles. The van der Waals surface area contributed by atoms with Gasteiger partial charge in [0.25, 0.3) is 0 Å². The Kier molecular flexibility index (Phi) is 8.58. The highest BCUT2D eigenvalue weighted by Gasteiger charge is 2.27. The van der Waals surface area contributed by atoms with E-state index in [0.29, 0.717) is 38.8 Å². The highest BCUT2D eigenvalue weighted by atomic mass is 16.2. The molecule has 2 heterocycles. The lowest BCUT2D eigenvalue weighted by Gasteiger charge is -2.30. The molecule has 2 fully saturated rings. The Balaban J connectivity index is 1.37. The van der Waals surface area contributed by atoms with Crippen molar-refractivity contribution in [2.75, 3.05) is 26.2 Å². The molecule has 2 rings (SSSR count). The first-order valence-electron chi connectivity index (χ1n) is 9.95. The number of hydrogen-bond donors (Lipinski definition) is 1. The summed E-state index contributed by atoms with van der Waals surface area (Å²) in [5, 5.41) is 2.91. The summed E-state index contributed by atoms with van der Waals surface area (Å²) in [6.45, 7) is 2.97. The summed E-state index contributed by atoms with van der Waals surface area (Å²) in [5.41, 5.74) is 0. The molecular weight excluding hydrogens is 334 g/mol. The molecule has 0 atom stereocenters. The van der Waals surface area contributed by atoms with Crippen LogP contribution in [0.15, 0.2) is 0 Å². The predicted molar refractivity (Wildman–Crippen MR) is 97.1 cm³/mol. The van der Waals surface area contributed by atoms with Gasteiger partial charge in [-0.05, 0) is 32.1 Å². The van der Waals surface area contributed by atoms with Gasteiger partial charge in [0.15, 0.2) is 0 Å². The normalized spacial score (nSPS) is 16.8. The topological polar surface area (TPSA) is 86.8 Å². The van der Waals surface area contributed by atoms with Crippen LogP contribution >= 0.6 is 0 Å². The summed E-state index contributed by atoms with van der Waals surface area (Å²) >= 11 is 0. The van der Waals surface area contributed by atoms with E-state index in [1.807, 2.05) is 4.90 Å². The van der Waals surface area contributed by atoms with Gasteiger partial charge in [-0.3, -0.25) is 24.1 Å². The van der Waals surface area contributed by atoms with E-state index in [9.17, 15) is 19.2 Å². The third kappa shape index (κ3) is 6.77. The number of imide groups is 1. The van der Waals surface area contributed by atoms with Gasteiger partial charge in [0, 0.05) is 51.9 Å². The maximum atomic E-state index is 11.8. The molecule has 7 nitrogen and oxygen atoms in total. The van der Waals surface area contributed by atoms with E-state index in [-0.39, 0.29) is 23.6 Å². The largest absolute Gasteiger partial charge is 0.356 e. The van der Waals surface area contributed by atoms with E-state index in [2.05, 4.69) is 5.32 Å². The Labute approximate surface area is 155 Å². The SMILES string of the molecule is O=C(CCCCCN1C(=O)CCC1=O)NCCCCCC(=O)N1CCC1. The first kappa shape index (κ1) is 20.4. The highest BCUT2D eigenvalue weighted by Crippen LogP contribution is 2.13. The minimum atomic E-state index is -0.0701. The van der Waals surface area contributed by atoms with Crippen LogP contribution in [-0.2, 0) is 19.2 Å². The molecule has 7 heteroatoms. The van der Waals surface area contributed by atoms with Crippen molar-refractivity contribution in [3.63, 3.8) is 0 Å². The minimum Gasteiger partial charge on any atom is -0.356 e. The zero-order chi connectivity index (χ0) is 18.8. The molecular formula is C19H31N3O4. The van der Waals surface area contributed by atoms with E-state index < -0.39 is 0 Å². The summed E-state index contributed by atoms with van der Waals surface area (Å²) < 4.78 is 0. The standard InChI is InChI=1S/C19H31N3O4/c23-16(8-3-2-6-15-22-18(25)10-11-19(22)26)20-12-5-1-4-9-17(24)21-13-7-14-21/h1-15H2,(H,20,23). The molecule has 0 unspecified atom stereocenters. The zero-order valence-corrected chi connectivity index (χ0v) is 15.6. The quantitative estimate of drug-likeness (QED) is 0.420. The van der Waals surface area contributed by atoms with Crippen LogP contribution in [-0.4, -0.2) is 59.6 Å². The highest BCUT2D eigenvalue weighted by molar-refractivity contribution is 6.01. The van der Waals surface area contributed by atoms with Gasteiger partial charge in [-0.25, -0.2) is 0 Å². The van der Waals surface area contributed by atoms with Crippen molar-refractivity contribution in [2.24, 2.45) is 0 Å². The molecule has 146 valence electrons. The Morgan fingerprint density at radius 3 is 2.15 bits per heavy atom. The van der Waals surface area contributed by atoms with Gasteiger partial charge in [-0.1, -0.05) is 12.8 Å². The first-order chi connectivity index (χ1) is 12.6. The van der Waals surface area contributed by atoms with Crippen molar-refractivity contribution in [3.05, 3.63) is 0 Å². The summed E-state index contributed by atoms with van der Waals surface area (Å²) in [4.78, 5) is 49.6. The maximum absolute atomic E-state index is 11.8. The summed E-state index contributed by atoms with van der Waals surface area (Å²) in [6.07, 6.45) is 8.03. The van der Waals surface area contributed by atoms with Crippen LogP contribution < -0.4 is 5.32 Å². The number of amides is 4. The fourth-order valence-corrected chi connectivity index (χ4v) is 3.22. The third-order valence-electron chi connectivity index (χ3n) is 5.04. The van der Waals surface area contributed by atoms with Crippen LogP contribution in [0.2, 0.25) is 0 Å². The number of carbonyl (C=O) groups is 4. The second kappa shape index (κ2) is 10.9. The van der Waals surface area contributed by atoms with Gasteiger partial charge < -0.3 is 10.2 Å². The maximum Gasteiger partial charge on any atom is 0.229 e. The molecule has 0 aliphatic carbocycles. The van der Waals surface area contributed by atoms with E-state index in [1.54, 1.807) is 0 Å². The summed E-state index contributed by atoms with van der Waals surface area (Å²) in [6, 6.07) is 0. The van der Waals surface area contributed by atoms with Crippen LogP contribution in [0.25, 0.3) is 0 Å². The van der Waals surface area contributed by atoms with Gasteiger partial charge in [-0.15, -0.1) is 0 Å². The van der Waals surface area contributed by atoms with Crippen LogP contribution in [0.5, 0.6) is 0 Å². The van der Waals surface area contributed by atoms with Crippen molar-refractivity contribution in [3.8, 4) is 0 Å². The summed E-state index contributed by atoms with van der Waals surface area (Å²) in [7, 11) is 0. The molecule has 26 heavy (non-hydrogen) atoms. The fraction of sp³-hybridized carbons (Fsp3) is 0.789. The second-order valence-electron chi connectivity index (χ2n) is 7.14. The number of nitrogens with zero attached hydrogens (tertiary/aromatic N) is 2. The van der Waals surface area contributed by atoms with E-state index >= 15 is 0 Å². The Bertz CT molecular complexity index is 501. The van der Waals surface area contributed by atoms with Crippen LogP contribution in [0.3, 0.4) is 0 Å². The number of unbranched alkanes of at least 4 members (excludes halogenated alkanes) is 4. The Morgan fingerprint density at radius 1 is 0.846 bits per heavy atom. The average molecular weight is 365 g/mol. The van der Waals surface area contributed by atoms with Crippen molar-refractivity contribution >= 4 is 23.6 Å². The molecule has 2 aliphatic rings. The molecule has 1 N–H and O–H groups in total. The third-order valence-corrected chi connectivity index (χ3v) is 5.04. The van der Waals surface area contributed by atoms with Crippen molar-refractivity contribution in [2.45, 2.75) is 70.6 Å². The number of hydrogen-bond acceptors (Lipinski definition) is 4. The Hall–Kier alpha value is -1.92. The lowest BCUT2D eigenvalue weighted by Crippen LogP contribution is -2.41. The van der Waals surface area contributed by atoms with Gasteiger partial charge in [0.05, 0.1) is 0 Å². The smallest absolute Gasteiger partial charge is 0.229 e. The second-order valence-corrected chi connectivity index (χ2v) is 7.14. The molecule has 0 radical (unpaired) electrons. The Morgan fingerprint density at radius 2 is 1.50 bits per heavy atom.